The molecular formula is C17H26F3NO2S. The van der Waals surface area contributed by atoms with Crippen molar-refractivity contribution in [2.24, 2.45) is 5.73 Å². The van der Waals surface area contributed by atoms with E-state index >= 15 is 0 Å². The molecule has 0 heterocycles. The van der Waals surface area contributed by atoms with Crippen LogP contribution in [-0.4, -0.2) is 32.2 Å². The molecule has 0 radical (unpaired) electrons. The molecule has 24 heavy (non-hydrogen) atoms. The molecule has 7 heteroatoms. The molecule has 1 aromatic carbocycles. The fourth-order valence-corrected chi connectivity index (χ4v) is 3.28. The normalized spacial score (nSPS) is 13.0. The summed E-state index contributed by atoms with van der Waals surface area (Å²) in [6.07, 6.45) is -2.63. The molecular weight excluding hydrogens is 339 g/mol. The van der Waals surface area contributed by atoms with E-state index in [0.717, 1.165) is 22.6 Å². The van der Waals surface area contributed by atoms with Crippen LogP contribution in [0.1, 0.15) is 38.2 Å². The predicted molar refractivity (Wildman–Crippen MR) is 92.1 cm³/mol. The van der Waals surface area contributed by atoms with Crippen molar-refractivity contribution in [3.05, 3.63) is 17.7 Å². The van der Waals surface area contributed by atoms with Crippen LogP contribution < -0.4 is 15.2 Å². The van der Waals surface area contributed by atoms with Crippen LogP contribution in [0, 0.1) is 0 Å². The zero-order chi connectivity index (χ0) is 18.2. The Morgan fingerprint density at radius 1 is 1.12 bits per heavy atom. The molecule has 0 aliphatic carbocycles. The molecule has 0 fully saturated rings. The molecule has 0 saturated heterocycles. The lowest BCUT2D eigenvalue weighted by Gasteiger charge is -2.17. The fourth-order valence-electron chi connectivity index (χ4n) is 2.24. The van der Waals surface area contributed by atoms with Crippen LogP contribution in [-0.2, 0) is 6.42 Å². The Morgan fingerprint density at radius 2 is 1.79 bits per heavy atom. The first-order chi connectivity index (χ1) is 11.3. The molecule has 0 aromatic heterocycles. The highest BCUT2D eigenvalue weighted by Crippen LogP contribution is 2.37. The molecule has 3 nitrogen and oxygen atoms in total. The summed E-state index contributed by atoms with van der Waals surface area (Å²) in [6.45, 7) is 2.03. The van der Waals surface area contributed by atoms with Gasteiger partial charge in [0.15, 0.2) is 0 Å². The summed E-state index contributed by atoms with van der Waals surface area (Å²) in [5.41, 5.74) is 6.99. The van der Waals surface area contributed by atoms with Crippen LogP contribution in [0.3, 0.4) is 0 Å². The first-order valence-electron chi connectivity index (χ1n) is 8.00. The first kappa shape index (κ1) is 21.0. The van der Waals surface area contributed by atoms with Crippen molar-refractivity contribution in [1.82, 2.24) is 0 Å². The second kappa shape index (κ2) is 10.0. The Morgan fingerprint density at radius 3 is 2.33 bits per heavy atom. The number of alkyl halides is 3. The summed E-state index contributed by atoms with van der Waals surface area (Å²) >= 11 is 1.48. The minimum Gasteiger partial charge on any atom is -0.496 e. The average molecular weight is 365 g/mol. The number of thioether (sulfide) groups is 1. The van der Waals surface area contributed by atoms with Gasteiger partial charge in [-0.15, -0.1) is 11.8 Å². The van der Waals surface area contributed by atoms with Crippen molar-refractivity contribution in [3.8, 4) is 11.5 Å². The molecule has 0 amide bonds. The molecule has 1 aromatic rings. The van der Waals surface area contributed by atoms with Gasteiger partial charge >= 0.3 is 6.18 Å². The Hall–Kier alpha value is -1.08. The molecule has 138 valence electrons. The Bertz CT molecular complexity index is 509. The zero-order valence-electron chi connectivity index (χ0n) is 14.4. The summed E-state index contributed by atoms with van der Waals surface area (Å²) in [5, 5.41) is 0. The van der Waals surface area contributed by atoms with Crippen LogP contribution in [0.5, 0.6) is 11.5 Å². The number of ether oxygens (including phenoxy) is 2. The third-order valence-corrected chi connectivity index (χ3v) is 4.81. The monoisotopic (exact) mass is 365 g/mol. The fraction of sp³-hybridized carbons (Fsp3) is 0.647. The van der Waals surface area contributed by atoms with Gasteiger partial charge in [-0.2, -0.15) is 13.2 Å². The van der Waals surface area contributed by atoms with Crippen LogP contribution in [0.25, 0.3) is 0 Å². The molecule has 0 aliphatic rings. The van der Waals surface area contributed by atoms with E-state index < -0.39 is 12.6 Å². The summed E-state index contributed by atoms with van der Waals surface area (Å²) < 4.78 is 47.3. The van der Waals surface area contributed by atoms with E-state index in [2.05, 4.69) is 0 Å². The van der Waals surface area contributed by atoms with Gasteiger partial charge in [0, 0.05) is 12.5 Å². The van der Waals surface area contributed by atoms with E-state index in [1.54, 1.807) is 14.2 Å². The van der Waals surface area contributed by atoms with Crippen LogP contribution in [0.4, 0.5) is 13.2 Å². The van der Waals surface area contributed by atoms with Gasteiger partial charge in [-0.1, -0.05) is 6.92 Å². The SMILES string of the molecule is CCC(N)Cc1cc(OC)c(SCCCCC(F)(F)F)cc1OC. The molecule has 0 bridgehead atoms. The Labute approximate surface area is 146 Å². The maximum atomic E-state index is 12.1. The smallest absolute Gasteiger partial charge is 0.389 e. The number of hydrogen-bond acceptors (Lipinski definition) is 4. The average Bonchev–Trinajstić information content (AvgIpc) is 2.53. The van der Waals surface area contributed by atoms with Gasteiger partial charge in [-0.25, -0.2) is 0 Å². The lowest BCUT2D eigenvalue weighted by atomic mass is 10.0. The molecule has 0 saturated carbocycles. The van der Waals surface area contributed by atoms with E-state index in [1.165, 1.54) is 11.8 Å². The summed E-state index contributed by atoms with van der Waals surface area (Å²) in [4.78, 5) is 0.871. The Balaban J connectivity index is 2.72. The second-order valence-corrected chi connectivity index (χ2v) is 6.74. The van der Waals surface area contributed by atoms with Gasteiger partial charge in [-0.3, -0.25) is 0 Å². The summed E-state index contributed by atoms with van der Waals surface area (Å²) in [6, 6.07) is 3.83. The highest BCUT2D eigenvalue weighted by Gasteiger charge is 2.25. The molecule has 2 N–H and O–H groups in total. The van der Waals surface area contributed by atoms with Crippen LogP contribution >= 0.6 is 11.8 Å². The number of nitrogens with two attached hydrogens (primary N) is 1. The van der Waals surface area contributed by atoms with Crippen molar-refractivity contribution in [2.75, 3.05) is 20.0 Å². The first-order valence-corrected chi connectivity index (χ1v) is 8.99. The van der Waals surface area contributed by atoms with Crippen molar-refractivity contribution in [3.63, 3.8) is 0 Å². The van der Waals surface area contributed by atoms with E-state index in [-0.39, 0.29) is 12.5 Å². The standard InChI is InChI=1S/C17H26F3NO2S/c1-4-13(21)9-12-10-15(23-3)16(11-14(12)22-2)24-8-6-5-7-17(18,19)20/h10-11,13H,4-9,21H2,1-3H3. The van der Waals surface area contributed by atoms with E-state index in [9.17, 15) is 13.2 Å². The maximum absolute atomic E-state index is 12.1. The number of halogens is 3. The maximum Gasteiger partial charge on any atom is 0.389 e. The van der Waals surface area contributed by atoms with Gasteiger partial charge < -0.3 is 15.2 Å². The van der Waals surface area contributed by atoms with Crippen molar-refractivity contribution in [2.45, 2.75) is 56.1 Å². The predicted octanol–water partition coefficient (Wildman–Crippen LogP) is 4.81. The topological polar surface area (TPSA) is 44.5 Å². The van der Waals surface area contributed by atoms with Gasteiger partial charge in [0.1, 0.15) is 11.5 Å². The van der Waals surface area contributed by atoms with E-state index in [4.69, 9.17) is 15.2 Å². The molecule has 1 rings (SSSR count). The lowest BCUT2D eigenvalue weighted by Crippen LogP contribution is -2.21. The summed E-state index contributed by atoms with van der Waals surface area (Å²) in [5.74, 6) is 2.04. The number of rotatable bonds is 10. The molecule has 1 unspecified atom stereocenters. The lowest BCUT2D eigenvalue weighted by molar-refractivity contribution is -0.135. The molecule has 0 spiro atoms. The Kier molecular flexibility index (Phi) is 8.76. The highest BCUT2D eigenvalue weighted by atomic mass is 32.2. The highest BCUT2D eigenvalue weighted by molar-refractivity contribution is 7.99. The number of methoxy groups -OCH3 is 2. The van der Waals surface area contributed by atoms with Crippen molar-refractivity contribution < 1.29 is 22.6 Å². The van der Waals surface area contributed by atoms with E-state index in [0.29, 0.717) is 24.3 Å². The van der Waals surface area contributed by atoms with Gasteiger partial charge in [0.2, 0.25) is 0 Å². The van der Waals surface area contributed by atoms with Crippen molar-refractivity contribution in [1.29, 1.82) is 0 Å². The molecule has 1 atom stereocenters. The minimum atomic E-state index is -4.08. The largest absolute Gasteiger partial charge is 0.496 e. The van der Waals surface area contributed by atoms with Crippen LogP contribution in [0.15, 0.2) is 17.0 Å². The number of hydrogen-bond donors (Lipinski definition) is 1. The second-order valence-electron chi connectivity index (χ2n) is 5.61. The van der Waals surface area contributed by atoms with Gasteiger partial charge in [0.05, 0.1) is 19.1 Å². The number of unbranched alkanes of at least 4 members (excludes halogenated alkanes) is 1. The zero-order valence-corrected chi connectivity index (χ0v) is 15.2. The van der Waals surface area contributed by atoms with Crippen LogP contribution in [0.2, 0.25) is 0 Å². The molecule has 0 aliphatic heterocycles. The van der Waals surface area contributed by atoms with Crippen molar-refractivity contribution >= 4 is 11.8 Å². The quantitative estimate of drug-likeness (QED) is 0.477. The number of benzene rings is 1. The third kappa shape index (κ3) is 7.21. The van der Waals surface area contributed by atoms with Gasteiger partial charge in [0.25, 0.3) is 0 Å². The van der Waals surface area contributed by atoms with E-state index in [1.807, 2.05) is 19.1 Å². The van der Waals surface area contributed by atoms with Gasteiger partial charge in [-0.05, 0) is 49.1 Å². The third-order valence-electron chi connectivity index (χ3n) is 3.69. The minimum absolute atomic E-state index is 0.0458. The summed E-state index contributed by atoms with van der Waals surface area (Å²) in [7, 11) is 3.18.